The van der Waals surface area contributed by atoms with Crippen LogP contribution in [0.4, 0.5) is 11.4 Å². The molecule has 2 saturated carbocycles. The van der Waals surface area contributed by atoms with Gasteiger partial charge in [0.2, 0.25) is 0 Å². The molecule has 2 fully saturated rings. The van der Waals surface area contributed by atoms with Gasteiger partial charge < -0.3 is 15.0 Å². The van der Waals surface area contributed by atoms with E-state index in [-0.39, 0.29) is 0 Å². The molecule has 0 unspecified atom stereocenters. The van der Waals surface area contributed by atoms with E-state index in [9.17, 15) is 0 Å². The number of hydrogen-bond acceptors (Lipinski definition) is 3. The fourth-order valence-electron chi connectivity index (χ4n) is 4.50. The van der Waals surface area contributed by atoms with Crippen molar-refractivity contribution in [1.29, 1.82) is 0 Å². The quantitative estimate of drug-likeness (QED) is 0.690. The minimum atomic E-state index is 0.316. The van der Waals surface area contributed by atoms with Crippen molar-refractivity contribution < 1.29 is 4.74 Å². The van der Waals surface area contributed by atoms with Gasteiger partial charge in [0, 0.05) is 30.9 Å². The Labute approximate surface area is 158 Å². The predicted molar refractivity (Wildman–Crippen MR) is 110 cm³/mol. The predicted octanol–water partition coefficient (Wildman–Crippen LogP) is 5.61. The van der Waals surface area contributed by atoms with E-state index in [1.165, 1.54) is 50.6 Å². The second-order valence-corrected chi connectivity index (χ2v) is 8.46. The van der Waals surface area contributed by atoms with Crippen molar-refractivity contribution in [3.05, 3.63) is 24.3 Å². The van der Waals surface area contributed by atoms with Crippen LogP contribution in [0.3, 0.4) is 0 Å². The highest BCUT2D eigenvalue weighted by Crippen LogP contribution is 2.54. The van der Waals surface area contributed by atoms with Crippen molar-refractivity contribution in [2.45, 2.75) is 64.4 Å². The molecule has 2 aliphatic carbocycles. The summed E-state index contributed by atoms with van der Waals surface area (Å²) in [5.41, 5.74) is 2.58. The second kappa shape index (κ2) is 7.94. The average molecular weight is 361 g/mol. The third-order valence-corrected chi connectivity index (χ3v) is 6.46. The van der Waals surface area contributed by atoms with E-state index in [1.54, 1.807) is 0 Å². The van der Waals surface area contributed by atoms with Gasteiger partial charge in [-0.15, -0.1) is 0 Å². The fraction of sp³-hybridized carbons (Fsp3) is 0.667. The van der Waals surface area contributed by atoms with Gasteiger partial charge in [-0.1, -0.05) is 19.8 Å². The smallest absolute Gasteiger partial charge is 0.261 e. The monoisotopic (exact) mass is 360 g/mol. The van der Waals surface area contributed by atoms with Gasteiger partial charge in [0.15, 0.2) is 0 Å². The molecule has 3 nitrogen and oxygen atoms in total. The molecule has 0 bridgehead atoms. The van der Waals surface area contributed by atoms with E-state index in [0.29, 0.717) is 16.7 Å². The van der Waals surface area contributed by atoms with Gasteiger partial charge >= 0.3 is 0 Å². The molecule has 0 aliphatic heterocycles. The molecule has 0 saturated heterocycles. The van der Waals surface area contributed by atoms with Crippen molar-refractivity contribution >= 4 is 28.8 Å². The maximum absolute atomic E-state index is 6.17. The molecule has 2 aliphatic rings. The molecule has 25 heavy (non-hydrogen) atoms. The summed E-state index contributed by atoms with van der Waals surface area (Å²) in [5, 5.41) is 3.77. The molecule has 1 spiro atoms. The van der Waals surface area contributed by atoms with Crippen LogP contribution in [-0.2, 0) is 4.74 Å². The number of nitrogens with one attached hydrogen (secondary N) is 1. The first-order valence-electron chi connectivity index (χ1n) is 9.77. The van der Waals surface area contributed by atoms with Gasteiger partial charge in [0.1, 0.15) is 6.10 Å². The molecule has 0 heterocycles. The topological polar surface area (TPSA) is 24.5 Å². The van der Waals surface area contributed by atoms with Crippen molar-refractivity contribution in [3.8, 4) is 0 Å². The lowest BCUT2D eigenvalue weighted by Gasteiger charge is -2.52. The first-order valence-corrected chi connectivity index (χ1v) is 10.2. The average Bonchev–Trinajstić information content (AvgIpc) is 2.60. The second-order valence-electron chi connectivity index (χ2n) is 8.09. The minimum absolute atomic E-state index is 0.316. The number of benzene rings is 1. The molecule has 1 N–H and O–H groups in total. The zero-order valence-electron chi connectivity index (χ0n) is 15.9. The van der Waals surface area contributed by atoms with Crippen LogP contribution in [0.1, 0.15) is 58.3 Å². The summed E-state index contributed by atoms with van der Waals surface area (Å²) in [6.07, 6.45) is 10.9. The van der Waals surface area contributed by atoms with Gasteiger partial charge in [-0.25, -0.2) is 0 Å². The molecule has 0 aromatic heterocycles. The lowest BCUT2D eigenvalue weighted by Crippen LogP contribution is -2.50. The van der Waals surface area contributed by atoms with Crippen LogP contribution < -0.4 is 10.2 Å². The summed E-state index contributed by atoms with van der Waals surface area (Å²) < 4.78 is 6.17. The Hall–Kier alpha value is -1.29. The molecular weight excluding hydrogens is 328 g/mol. The largest absolute Gasteiger partial charge is 0.467 e. The molecule has 4 heteroatoms. The van der Waals surface area contributed by atoms with Gasteiger partial charge in [-0.3, -0.25) is 0 Å². The van der Waals surface area contributed by atoms with Crippen molar-refractivity contribution in [2.24, 2.45) is 11.3 Å². The number of anilines is 2. The van der Waals surface area contributed by atoms with Crippen LogP contribution in [0, 0.1) is 11.3 Å². The highest BCUT2D eigenvalue weighted by molar-refractivity contribution is 7.80. The molecule has 3 rings (SSSR count). The highest BCUT2D eigenvalue weighted by atomic mass is 32.1. The Bertz CT molecular complexity index is 576. The number of ether oxygens (including phenoxy) is 1. The van der Waals surface area contributed by atoms with Crippen LogP contribution in [0.2, 0.25) is 0 Å². The third kappa shape index (κ3) is 4.28. The van der Waals surface area contributed by atoms with Crippen molar-refractivity contribution in [3.63, 3.8) is 0 Å². The Morgan fingerprint density at radius 3 is 2.32 bits per heavy atom. The summed E-state index contributed by atoms with van der Waals surface area (Å²) in [4.78, 5) is 2.09. The highest BCUT2D eigenvalue weighted by Gasteiger charge is 2.50. The van der Waals surface area contributed by atoms with Crippen LogP contribution in [-0.4, -0.2) is 25.4 Å². The van der Waals surface area contributed by atoms with Crippen LogP contribution in [0.25, 0.3) is 0 Å². The first kappa shape index (κ1) is 18.5. The minimum Gasteiger partial charge on any atom is -0.467 e. The van der Waals surface area contributed by atoms with Crippen LogP contribution in [0.15, 0.2) is 24.3 Å². The molecule has 1 aromatic rings. The lowest BCUT2D eigenvalue weighted by atomic mass is 9.57. The summed E-state index contributed by atoms with van der Waals surface area (Å²) in [7, 11) is 4.09. The number of rotatable bonds is 5. The summed E-state index contributed by atoms with van der Waals surface area (Å²) in [5.74, 6) is 0.942. The Morgan fingerprint density at radius 1 is 1.16 bits per heavy atom. The van der Waals surface area contributed by atoms with E-state index >= 15 is 0 Å². The molecule has 1 atom stereocenters. The summed E-state index contributed by atoms with van der Waals surface area (Å²) in [6, 6.07) is 8.28. The SMILES string of the molecule is CCCC1CCC2(CC1)CC[C@@H]2OC(=S)Nc1ccc(N(C)C)cc1. The van der Waals surface area contributed by atoms with E-state index in [1.807, 2.05) is 14.1 Å². The Morgan fingerprint density at radius 2 is 1.80 bits per heavy atom. The van der Waals surface area contributed by atoms with E-state index in [2.05, 4.69) is 41.4 Å². The third-order valence-electron chi connectivity index (χ3n) is 6.26. The number of nitrogens with zero attached hydrogens (tertiary/aromatic N) is 1. The van der Waals surface area contributed by atoms with Gasteiger partial charge in [0.25, 0.3) is 5.17 Å². The standard InChI is InChI=1S/C21H32N2OS/c1-4-5-16-10-13-21(14-11-16)15-12-19(21)24-20(25)22-17-6-8-18(9-7-17)23(2)3/h6-9,16,19H,4-5,10-15H2,1-3H3,(H,22,25)/t16?,19-,21?/m0/s1. The van der Waals surface area contributed by atoms with Crippen molar-refractivity contribution in [1.82, 2.24) is 0 Å². The molecule has 0 radical (unpaired) electrons. The first-order chi connectivity index (χ1) is 12.0. The Balaban J connectivity index is 1.50. The van der Waals surface area contributed by atoms with Crippen LogP contribution >= 0.6 is 12.2 Å². The molecule has 138 valence electrons. The normalized spacial score (nSPS) is 28.3. The lowest BCUT2D eigenvalue weighted by molar-refractivity contribution is -0.0843. The Kier molecular flexibility index (Phi) is 5.88. The van der Waals surface area contributed by atoms with E-state index < -0.39 is 0 Å². The van der Waals surface area contributed by atoms with E-state index in [0.717, 1.165) is 18.0 Å². The van der Waals surface area contributed by atoms with Gasteiger partial charge in [0.05, 0.1) is 0 Å². The number of hydrogen-bond donors (Lipinski definition) is 1. The summed E-state index contributed by atoms with van der Waals surface area (Å²) >= 11 is 5.47. The number of thiocarbonyl (C=S) groups is 1. The zero-order valence-corrected chi connectivity index (χ0v) is 16.7. The zero-order chi connectivity index (χ0) is 17.9. The van der Waals surface area contributed by atoms with Gasteiger partial charge in [-0.05, 0) is 80.9 Å². The molecule has 0 amide bonds. The maximum Gasteiger partial charge on any atom is 0.261 e. The fourth-order valence-corrected chi connectivity index (χ4v) is 4.73. The van der Waals surface area contributed by atoms with Crippen LogP contribution in [0.5, 0.6) is 0 Å². The summed E-state index contributed by atoms with van der Waals surface area (Å²) in [6.45, 7) is 2.30. The molecule has 1 aromatic carbocycles. The molecular formula is C21H32N2OS. The van der Waals surface area contributed by atoms with Gasteiger partial charge in [-0.2, -0.15) is 0 Å². The van der Waals surface area contributed by atoms with Crippen molar-refractivity contribution in [2.75, 3.05) is 24.3 Å². The maximum atomic E-state index is 6.17. The van der Waals surface area contributed by atoms with E-state index in [4.69, 9.17) is 17.0 Å².